The topological polar surface area (TPSA) is 83.7 Å². The average molecular weight is 438 g/mol. The van der Waals surface area contributed by atoms with Crippen LogP contribution >= 0.6 is 0 Å². The first-order valence-corrected chi connectivity index (χ1v) is 11.5. The van der Waals surface area contributed by atoms with Crippen molar-refractivity contribution in [3.63, 3.8) is 0 Å². The van der Waals surface area contributed by atoms with Gasteiger partial charge in [0.25, 0.3) is 5.91 Å². The number of sulfonamides is 1. The molecule has 0 N–H and O–H groups in total. The third kappa shape index (κ3) is 4.76. The average Bonchev–Trinajstić information content (AvgIpc) is 3.20. The first kappa shape index (κ1) is 21.0. The van der Waals surface area contributed by atoms with Crippen molar-refractivity contribution in [2.45, 2.75) is 6.92 Å². The summed E-state index contributed by atoms with van der Waals surface area (Å²) in [6.07, 6.45) is 1.58. The van der Waals surface area contributed by atoms with Gasteiger partial charge in [-0.05, 0) is 30.7 Å². The second-order valence-corrected chi connectivity index (χ2v) is 9.06. The Hall–Kier alpha value is -3.23. The molecule has 0 aliphatic carbocycles. The summed E-state index contributed by atoms with van der Waals surface area (Å²) in [4.78, 5) is 19.0. The van der Waals surface area contributed by atoms with Crippen molar-refractivity contribution in [3.05, 3.63) is 83.1 Å². The minimum atomic E-state index is -3.55. The van der Waals surface area contributed by atoms with E-state index in [0.29, 0.717) is 24.7 Å². The van der Waals surface area contributed by atoms with Gasteiger partial charge in [-0.25, -0.2) is 13.4 Å². The van der Waals surface area contributed by atoms with Gasteiger partial charge in [0.1, 0.15) is 5.76 Å². The van der Waals surface area contributed by atoms with Crippen LogP contribution < -0.4 is 0 Å². The van der Waals surface area contributed by atoms with Crippen molar-refractivity contribution in [2.75, 3.05) is 26.2 Å². The highest BCUT2D eigenvalue weighted by Crippen LogP contribution is 2.23. The second kappa shape index (κ2) is 8.87. The number of aryl methyl sites for hydroxylation is 1. The zero-order chi connectivity index (χ0) is 21.8. The Labute approximate surface area is 181 Å². The van der Waals surface area contributed by atoms with Crippen LogP contribution in [0.1, 0.15) is 21.8 Å². The van der Waals surface area contributed by atoms with E-state index in [4.69, 9.17) is 4.42 Å². The lowest BCUT2D eigenvalue weighted by Gasteiger charge is -2.33. The van der Waals surface area contributed by atoms with Crippen LogP contribution in [0.2, 0.25) is 0 Å². The van der Waals surface area contributed by atoms with Crippen molar-refractivity contribution in [3.8, 4) is 11.5 Å². The summed E-state index contributed by atoms with van der Waals surface area (Å²) in [6.45, 7) is 2.77. The van der Waals surface area contributed by atoms with E-state index in [0.717, 1.165) is 11.1 Å². The molecule has 0 bridgehead atoms. The molecule has 0 saturated carbocycles. The largest absolute Gasteiger partial charge is 0.441 e. The number of rotatable bonds is 5. The summed E-state index contributed by atoms with van der Waals surface area (Å²) >= 11 is 0. The molecule has 1 aromatic heterocycles. The van der Waals surface area contributed by atoms with E-state index in [1.165, 1.54) is 9.71 Å². The van der Waals surface area contributed by atoms with Crippen molar-refractivity contribution in [2.24, 2.45) is 0 Å². The molecule has 0 atom stereocenters. The molecule has 0 unspecified atom stereocenters. The van der Waals surface area contributed by atoms with Gasteiger partial charge in [0.2, 0.25) is 15.9 Å². The summed E-state index contributed by atoms with van der Waals surface area (Å²) in [5.41, 5.74) is 1.88. The van der Waals surface area contributed by atoms with E-state index < -0.39 is 10.0 Å². The molecular formula is C23H23N3O4S. The maximum atomic E-state index is 13.0. The molecule has 31 heavy (non-hydrogen) atoms. The van der Waals surface area contributed by atoms with Crippen LogP contribution in [0.3, 0.4) is 0 Å². The molecular weight excluding hydrogens is 414 g/mol. The highest BCUT2D eigenvalue weighted by atomic mass is 32.2. The molecule has 1 fully saturated rings. The van der Waals surface area contributed by atoms with Crippen LogP contribution in [0.25, 0.3) is 17.5 Å². The molecule has 7 nitrogen and oxygen atoms in total. The molecule has 1 saturated heterocycles. The van der Waals surface area contributed by atoms with Gasteiger partial charge in [0, 0.05) is 37.2 Å². The molecule has 1 aliphatic rings. The highest BCUT2D eigenvalue weighted by Gasteiger charge is 2.30. The quantitative estimate of drug-likeness (QED) is 0.611. The Balaban J connectivity index is 1.41. The van der Waals surface area contributed by atoms with Gasteiger partial charge >= 0.3 is 0 Å². The highest BCUT2D eigenvalue weighted by molar-refractivity contribution is 7.92. The minimum absolute atomic E-state index is 0.232. The van der Waals surface area contributed by atoms with E-state index in [2.05, 4.69) is 4.98 Å². The van der Waals surface area contributed by atoms with Crippen LogP contribution in [0.4, 0.5) is 0 Å². The van der Waals surface area contributed by atoms with E-state index in [-0.39, 0.29) is 24.7 Å². The predicted molar refractivity (Wildman–Crippen MR) is 119 cm³/mol. The van der Waals surface area contributed by atoms with Gasteiger partial charge in [-0.2, -0.15) is 4.31 Å². The maximum Gasteiger partial charge on any atom is 0.276 e. The fraction of sp³-hybridized carbons (Fsp3) is 0.217. The van der Waals surface area contributed by atoms with Crippen molar-refractivity contribution in [1.82, 2.24) is 14.2 Å². The van der Waals surface area contributed by atoms with Gasteiger partial charge < -0.3 is 9.32 Å². The summed E-state index contributed by atoms with van der Waals surface area (Å²) in [7, 11) is -3.55. The molecule has 3 aromatic rings. The second-order valence-electron chi connectivity index (χ2n) is 7.24. The standard InChI is InChI=1S/C23H23N3O4S/c1-18-21(24-22(30-18)20-10-6-3-7-11-20)23(27)25-13-15-26(16-14-25)31(28,29)17-12-19-8-4-2-5-9-19/h2-12,17H,13-16H2,1H3/b17-12+. The molecule has 8 heteroatoms. The third-order valence-electron chi connectivity index (χ3n) is 5.14. The van der Waals surface area contributed by atoms with Crippen molar-refractivity contribution < 1.29 is 17.6 Å². The Kier molecular flexibility index (Phi) is 6.01. The lowest BCUT2D eigenvalue weighted by Crippen LogP contribution is -2.50. The number of oxazole rings is 1. The smallest absolute Gasteiger partial charge is 0.276 e. The molecule has 160 valence electrons. The molecule has 4 rings (SSSR count). The lowest BCUT2D eigenvalue weighted by molar-refractivity contribution is 0.0691. The molecule has 2 aromatic carbocycles. The number of amides is 1. The van der Waals surface area contributed by atoms with Gasteiger partial charge in [0.05, 0.1) is 0 Å². The van der Waals surface area contributed by atoms with Crippen LogP contribution in [0.5, 0.6) is 0 Å². The number of benzene rings is 2. The van der Waals surface area contributed by atoms with Crippen LogP contribution in [-0.4, -0.2) is 54.7 Å². The molecule has 0 radical (unpaired) electrons. The van der Waals surface area contributed by atoms with E-state index in [9.17, 15) is 13.2 Å². The fourth-order valence-electron chi connectivity index (χ4n) is 3.41. The Bertz CT molecular complexity index is 1180. The number of hydrogen-bond donors (Lipinski definition) is 0. The van der Waals surface area contributed by atoms with Gasteiger partial charge in [0.15, 0.2) is 5.69 Å². The summed E-state index contributed by atoms with van der Waals surface area (Å²) < 4.78 is 32.3. The van der Waals surface area contributed by atoms with Crippen molar-refractivity contribution >= 4 is 22.0 Å². The fourth-order valence-corrected chi connectivity index (χ4v) is 4.58. The SMILES string of the molecule is Cc1oc(-c2ccccc2)nc1C(=O)N1CCN(S(=O)(=O)/C=C/c2ccccc2)CC1. The van der Waals surface area contributed by atoms with Crippen LogP contribution in [-0.2, 0) is 10.0 Å². The summed E-state index contributed by atoms with van der Waals surface area (Å²) in [5.74, 6) is 0.596. The normalized spacial score (nSPS) is 15.5. The zero-order valence-corrected chi connectivity index (χ0v) is 18.0. The minimum Gasteiger partial charge on any atom is -0.441 e. The van der Waals surface area contributed by atoms with Gasteiger partial charge in [-0.3, -0.25) is 4.79 Å². The van der Waals surface area contributed by atoms with Crippen LogP contribution in [0.15, 0.2) is 70.5 Å². The number of carbonyl (C=O) groups is 1. The summed E-state index contributed by atoms with van der Waals surface area (Å²) in [6, 6.07) is 18.6. The number of nitrogens with zero attached hydrogens (tertiary/aromatic N) is 3. The van der Waals surface area contributed by atoms with Gasteiger partial charge in [-0.1, -0.05) is 48.5 Å². The summed E-state index contributed by atoms with van der Waals surface area (Å²) in [5, 5.41) is 1.22. The molecule has 1 amide bonds. The monoisotopic (exact) mass is 437 g/mol. The Morgan fingerprint density at radius 3 is 2.23 bits per heavy atom. The predicted octanol–water partition coefficient (Wildman–Crippen LogP) is 3.41. The van der Waals surface area contributed by atoms with E-state index in [1.807, 2.05) is 60.7 Å². The zero-order valence-electron chi connectivity index (χ0n) is 17.1. The first-order chi connectivity index (χ1) is 14.9. The number of hydrogen-bond acceptors (Lipinski definition) is 5. The maximum absolute atomic E-state index is 13.0. The molecule has 2 heterocycles. The van der Waals surface area contributed by atoms with Crippen LogP contribution in [0, 0.1) is 6.92 Å². The number of aromatic nitrogens is 1. The third-order valence-corrected chi connectivity index (χ3v) is 6.70. The Morgan fingerprint density at radius 2 is 1.58 bits per heavy atom. The number of piperazine rings is 1. The number of carbonyl (C=O) groups excluding carboxylic acids is 1. The first-order valence-electron chi connectivity index (χ1n) is 9.99. The molecule has 1 aliphatic heterocycles. The Morgan fingerprint density at radius 1 is 0.968 bits per heavy atom. The van der Waals surface area contributed by atoms with Gasteiger partial charge in [-0.15, -0.1) is 0 Å². The van der Waals surface area contributed by atoms with Crippen molar-refractivity contribution in [1.29, 1.82) is 0 Å². The lowest BCUT2D eigenvalue weighted by atomic mass is 10.2. The van der Waals surface area contributed by atoms with E-state index in [1.54, 1.807) is 17.9 Å². The molecule has 0 spiro atoms. The van der Waals surface area contributed by atoms with E-state index >= 15 is 0 Å².